The van der Waals surface area contributed by atoms with Crippen LogP contribution in [-0.2, 0) is 10.8 Å². The van der Waals surface area contributed by atoms with Crippen molar-refractivity contribution < 1.29 is 13.3 Å². The number of halogens is 3. The topological polar surface area (TPSA) is 131 Å². The van der Waals surface area contributed by atoms with E-state index in [4.69, 9.17) is 44.8 Å². The summed E-state index contributed by atoms with van der Waals surface area (Å²) in [5.74, 6) is 0.155. The van der Waals surface area contributed by atoms with Crippen LogP contribution in [0.25, 0.3) is 0 Å². The van der Waals surface area contributed by atoms with Crippen molar-refractivity contribution >= 4 is 51.2 Å². The van der Waals surface area contributed by atoms with Gasteiger partial charge in [0.2, 0.25) is 0 Å². The van der Waals surface area contributed by atoms with Crippen molar-refractivity contribution in [1.29, 1.82) is 5.41 Å². The lowest BCUT2D eigenvalue weighted by Gasteiger charge is -2.46. The van der Waals surface area contributed by atoms with Crippen molar-refractivity contribution in [3.8, 4) is 5.75 Å². The Morgan fingerprint density at radius 3 is 2.35 bits per heavy atom. The molecule has 1 saturated heterocycles. The van der Waals surface area contributed by atoms with Crippen LogP contribution in [0.3, 0.4) is 0 Å². The highest BCUT2D eigenvalue weighted by molar-refractivity contribution is 7.83. The number of hydrogen-bond donors (Lipinski definition) is 3. The maximum atomic E-state index is 14.7. The quantitative estimate of drug-likeness (QED) is 0.293. The van der Waals surface area contributed by atoms with Gasteiger partial charge in [0.25, 0.3) is 0 Å². The Morgan fingerprint density at radius 1 is 1.22 bits per heavy atom. The first-order valence-corrected chi connectivity index (χ1v) is 13.9. The standard InChI is InChI=1S/C23H23Cl2FN6O.C2H6OS/c1-12(20-16(24)8-30-9-17(20)25)33-14-3-4-19(27)15(6-14)21(28)13-5-18(26)22(31-7-13)32-10-23(2,29)11-32;1-4(2)3/h3-9,12,28H,10-11,27,29H2,1-2H3;1-2H3/t12-;/m1./s1. The summed E-state index contributed by atoms with van der Waals surface area (Å²) in [5.41, 5.74) is 13.4. The minimum absolute atomic E-state index is 0.0239. The van der Waals surface area contributed by atoms with Crippen LogP contribution in [0.2, 0.25) is 10.0 Å². The third-order valence-electron chi connectivity index (χ3n) is 5.42. The average Bonchev–Trinajstić information content (AvgIpc) is 2.78. The van der Waals surface area contributed by atoms with Crippen LogP contribution in [0, 0.1) is 11.2 Å². The number of aromatic nitrogens is 2. The summed E-state index contributed by atoms with van der Waals surface area (Å²) in [6.07, 6.45) is 7.24. The SMILES string of the molecule is CS(C)=O.C[C@@H](Oc1ccc(N)c(C(=N)c2cnc(N3CC(C)(N)C3)c(F)c2)c1)c1c(Cl)cncc1Cl. The van der Waals surface area contributed by atoms with E-state index in [-0.39, 0.29) is 17.1 Å². The molecular weight excluding hydrogens is 538 g/mol. The van der Waals surface area contributed by atoms with Gasteiger partial charge in [-0.3, -0.25) is 14.6 Å². The summed E-state index contributed by atoms with van der Waals surface area (Å²) in [6, 6.07) is 6.21. The summed E-state index contributed by atoms with van der Waals surface area (Å²) in [7, 11) is -0.611. The molecule has 0 aliphatic carbocycles. The number of pyridine rings is 2. The molecule has 1 aromatic carbocycles. The first-order valence-electron chi connectivity index (χ1n) is 11.2. The molecule has 5 N–H and O–H groups in total. The van der Waals surface area contributed by atoms with Gasteiger partial charge in [0, 0.05) is 82.9 Å². The summed E-state index contributed by atoms with van der Waals surface area (Å²) in [4.78, 5) is 9.93. The zero-order valence-corrected chi connectivity index (χ0v) is 23.2. The summed E-state index contributed by atoms with van der Waals surface area (Å²) < 4.78 is 30.3. The van der Waals surface area contributed by atoms with Crippen molar-refractivity contribution in [3.05, 3.63) is 75.4 Å². The molecule has 12 heteroatoms. The molecule has 0 radical (unpaired) electrons. The van der Waals surface area contributed by atoms with E-state index in [0.717, 1.165) is 0 Å². The van der Waals surface area contributed by atoms with E-state index in [0.29, 0.717) is 51.3 Å². The molecule has 1 aliphatic rings. The van der Waals surface area contributed by atoms with Crippen LogP contribution in [0.15, 0.2) is 42.9 Å². The second-order valence-corrected chi connectivity index (χ2v) is 11.5. The average molecular weight is 568 g/mol. The highest BCUT2D eigenvalue weighted by Gasteiger charge is 2.37. The molecule has 0 bridgehead atoms. The van der Waals surface area contributed by atoms with Crippen molar-refractivity contribution in [2.24, 2.45) is 5.73 Å². The second kappa shape index (κ2) is 11.7. The first kappa shape index (κ1) is 28.8. The lowest BCUT2D eigenvalue weighted by molar-refractivity contribution is 0.227. The molecule has 0 saturated carbocycles. The van der Waals surface area contributed by atoms with Gasteiger partial charge in [0.15, 0.2) is 11.6 Å². The van der Waals surface area contributed by atoms with Crippen LogP contribution in [0.5, 0.6) is 5.75 Å². The number of ether oxygens (including phenoxy) is 1. The molecule has 2 aromatic heterocycles. The molecule has 8 nitrogen and oxygen atoms in total. The minimum atomic E-state index is -0.611. The molecule has 0 unspecified atom stereocenters. The summed E-state index contributed by atoms with van der Waals surface area (Å²) >= 11 is 12.4. The van der Waals surface area contributed by atoms with E-state index in [9.17, 15) is 8.60 Å². The van der Waals surface area contributed by atoms with Gasteiger partial charge in [0.05, 0.1) is 15.8 Å². The molecule has 1 aliphatic heterocycles. The lowest BCUT2D eigenvalue weighted by Crippen LogP contribution is -2.66. The van der Waals surface area contributed by atoms with E-state index >= 15 is 0 Å². The van der Waals surface area contributed by atoms with Crippen molar-refractivity contribution in [2.75, 3.05) is 36.2 Å². The number of nitrogens with one attached hydrogen (secondary N) is 1. The van der Waals surface area contributed by atoms with Gasteiger partial charge < -0.3 is 21.1 Å². The van der Waals surface area contributed by atoms with Gasteiger partial charge >= 0.3 is 0 Å². The van der Waals surface area contributed by atoms with Gasteiger partial charge in [-0.2, -0.15) is 0 Å². The Bertz CT molecular complexity index is 1310. The van der Waals surface area contributed by atoms with Crippen molar-refractivity contribution in [2.45, 2.75) is 25.5 Å². The third kappa shape index (κ3) is 7.16. The Labute approximate surface area is 228 Å². The van der Waals surface area contributed by atoms with Gasteiger partial charge in [-0.05, 0) is 38.1 Å². The molecular formula is C25H29Cl2FN6O2S. The molecule has 0 spiro atoms. The maximum Gasteiger partial charge on any atom is 0.166 e. The third-order valence-corrected chi connectivity index (χ3v) is 6.02. The fourth-order valence-electron chi connectivity index (χ4n) is 3.83. The fourth-order valence-corrected chi connectivity index (χ4v) is 4.50. The Morgan fingerprint density at radius 2 is 1.81 bits per heavy atom. The molecule has 0 amide bonds. The molecule has 1 fully saturated rings. The molecule has 3 heterocycles. The van der Waals surface area contributed by atoms with E-state index in [2.05, 4.69) is 9.97 Å². The molecule has 3 aromatic rings. The minimum Gasteiger partial charge on any atom is -0.486 e. The largest absolute Gasteiger partial charge is 0.486 e. The molecule has 4 rings (SSSR count). The Kier molecular flexibility index (Phi) is 9.12. The van der Waals surface area contributed by atoms with Crippen molar-refractivity contribution in [1.82, 2.24) is 9.97 Å². The predicted molar refractivity (Wildman–Crippen MR) is 149 cm³/mol. The van der Waals surface area contributed by atoms with Crippen LogP contribution < -0.4 is 21.1 Å². The number of nitrogens with two attached hydrogens (primary N) is 2. The van der Waals surface area contributed by atoms with Gasteiger partial charge in [-0.1, -0.05) is 23.2 Å². The lowest BCUT2D eigenvalue weighted by atomic mass is 9.93. The number of hydrogen-bond acceptors (Lipinski definition) is 8. The highest BCUT2D eigenvalue weighted by atomic mass is 35.5. The first-order chi connectivity index (χ1) is 17.3. The monoisotopic (exact) mass is 566 g/mol. The van der Waals surface area contributed by atoms with E-state index in [1.165, 1.54) is 24.7 Å². The van der Waals surface area contributed by atoms with Crippen molar-refractivity contribution in [3.63, 3.8) is 0 Å². The Balaban J connectivity index is 0.000000886. The zero-order chi connectivity index (χ0) is 27.5. The number of nitrogens with zero attached hydrogens (tertiary/aromatic N) is 3. The van der Waals surface area contributed by atoms with Crippen LogP contribution in [0.4, 0.5) is 15.9 Å². The van der Waals surface area contributed by atoms with Gasteiger partial charge in [-0.25, -0.2) is 9.37 Å². The Hall–Kier alpha value is -2.79. The van der Waals surface area contributed by atoms with E-state index in [1.54, 1.807) is 42.5 Å². The number of anilines is 2. The summed E-state index contributed by atoms with van der Waals surface area (Å²) in [6.45, 7) is 4.74. The molecule has 1 atom stereocenters. The fraction of sp³-hybridized carbons (Fsp3) is 0.320. The van der Waals surface area contributed by atoms with Crippen LogP contribution in [-0.4, -0.2) is 51.0 Å². The number of rotatable bonds is 6. The van der Waals surface area contributed by atoms with Gasteiger partial charge in [-0.15, -0.1) is 0 Å². The summed E-state index contributed by atoms with van der Waals surface area (Å²) in [5, 5.41) is 9.37. The highest BCUT2D eigenvalue weighted by Crippen LogP contribution is 2.34. The van der Waals surface area contributed by atoms with Crippen LogP contribution >= 0.6 is 23.2 Å². The van der Waals surface area contributed by atoms with E-state index < -0.39 is 22.7 Å². The zero-order valence-electron chi connectivity index (χ0n) is 20.9. The maximum absolute atomic E-state index is 14.7. The smallest absolute Gasteiger partial charge is 0.166 e. The normalized spacial score (nSPS) is 14.9. The number of nitrogen functional groups attached to an aromatic ring is 1. The molecule has 37 heavy (non-hydrogen) atoms. The second-order valence-electron chi connectivity index (χ2n) is 9.18. The predicted octanol–water partition coefficient (Wildman–Crippen LogP) is 4.59. The van der Waals surface area contributed by atoms with Crippen LogP contribution in [0.1, 0.15) is 36.6 Å². The number of benzene rings is 1. The van der Waals surface area contributed by atoms with Gasteiger partial charge in [0.1, 0.15) is 11.9 Å². The molecule has 198 valence electrons. The van der Waals surface area contributed by atoms with E-state index in [1.807, 2.05) is 6.92 Å².